The maximum Gasteiger partial charge on any atom is 0.0518 e. The predicted molar refractivity (Wildman–Crippen MR) is 47.9 cm³/mol. The fourth-order valence-corrected chi connectivity index (χ4v) is 1.14. The number of aromatic nitrogens is 2. The number of hydrogen-bond donors (Lipinski definition) is 1. The van der Waals surface area contributed by atoms with Crippen molar-refractivity contribution in [1.29, 1.82) is 0 Å². The summed E-state index contributed by atoms with van der Waals surface area (Å²) in [6.07, 6.45) is 5.50. The lowest BCUT2D eigenvalue weighted by atomic mass is 10.2. The van der Waals surface area contributed by atoms with E-state index in [0.29, 0.717) is 0 Å². The summed E-state index contributed by atoms with van der Waals surface area (Å²) in [4.78, 5) is 0. The van der Waals surface area contributed by atoms with Gasteiger partial charge in [0.15, 0.2) is 0 Å². The Morgan fingerprint density at radius 3 is 2.92 bits per heavy atom. The first-order valence-corrected chi connectivity index (χ1v) is 4.35. The van der Waals surface area contributed by atoms with Gasteiger partial charge in [0, 0.05) is 12.7 Å². The van der Waals surface area contributed by atoms with E-state index in [0.717, 1.165) is 19.4 Å². The van der Waals surface area contributed by atoms with Crippen molar-refractivity contribution >= 4 is 0 Å². The molecule has 0 radical (unpaired) electrons. The van der Waals surface area contributed by atoms with Crippen LogP contribution in [0.4, 0.5) is 0 Å². The van der Waals surface area contributed by atoms with E-state index in [4.69, 9.17) is 5.11 Å². The topological polar surface area (TPSA) is 38.0 Å². The van der Waals surface area contributed by atoms with Crippen molar-refractivity contribution in [2.75, 3.05) is 0 Å². The largest absolute Gasteiger partial charge is 0.393 e. The predicted octanol–water partition coefficient (Wildman–Crippen LogP) is 1.35. The van der Waals surface area contributed by atoms with Gasteiger partial charge < -0.3 is 5.11 Å². The molecule has 1 rings (SSSR count). The van der Waals surface area contributed by atoms with Gasteiger partial charge in [0.05, 0.1) is 12.3 Å². The lowest BCUT2D eigenvalue weighted by molar-refractivity contribution is 0.179. The molecule has 1 aromatic heterocycles. The summed E-state index contributed by atoms with van der Waals surface area (Å²) in [5, 5.41) is 13.2. The molecular formula is C9H16N2O. The zero-order valence-corrected chi connectivity index (χ0v) is 7.70. The minimum Gasteiger partial charge on any atom is -0.393 e. The minimum absolute atomic E-state index is 0.193. The summed E-state index contributed by atoms with van der Waals surface area (Å²) < 4.78 is 1.91. The van der Waals surface area contributed by atoms with E-state index in [1.807, 2.05) is 30.9 Å². The van der Waals surface area contributed by atoms with Crippen molar-refractivity contribution in [2.24, 2.45) is 0 Å². The molecule has 0 aliphatic heterocycles. The molecule has 0 bridgehead atoms. The lowest BCUT2D eigenvalue weighted by Gasteiger charge is -2.03. The van der Waals surface area contributed by atoms with Gasteiger partial charge >= 0.3 is 0 Å². The highest BCUT2D eigenvalue weighted by atomic mass is 16.3. The first-order valence-electron chi connectivity index (χ1n) is 4.35. The summed E-state index contributed by atoms with van der Waals surface area (Å²) >= 11 is 0. The molecule has 0 aliphatic carbocycles. The smallest absolute Gasteiger partial charge is 0.0518 e. The van der Waals surface area contributed by atoms with Gasteiger partial charge in [0.2, 0.25) is 0 Å². The summed E-state index contributed by atoms with van der Waals surface area (Å²) in [7, 11) is 0. The number of aryl methyl sites for hydroxylation is 2. The van der Waals surface area contributed by atoms with E-state index < -0.39 is 0 Å². The van der Waals surface area contributed by atoms with Crippen molar-refractivity contribution in [3.8, 4) is 0 Å². The average molecular weight is 168 g/mol. The monoisotopic (exact) mass is 168 g/mol. The molecule has 0 spiro atoms. The van der Waals surface area contributed by atoms with E-state index in [9.17, 15) is 0 Å². The quantitative estimate of drug-likeness (QED) is 0.737. The molecule has 68 valence electrons. The third-order valence-corrected chi connectivity index (χ3v) is 1.77. The van der Waals surface area contributed by atoms with Gasteiger partial charge in [0.25, 0.3) is 0 Å². The molecule has 0 aliphatic rings. The Balaban J connectivity index is 2.24. The first kappa shape index (κ1) is 9.26. The van der Waals surface area contributed by atoms with Crippen molar-refractivity contribution in [3.63, 3.8) is 0 Å². The molecule has 0 fully saturated rings. The second kappa shape index (κ2) is 4.26. The maximum atomic E-state index is 9.01. The zero-order valence-electron chi connectivity index (χ0n) is 7.70. The van der Waals surface area contributed by atoms with Gasteiger partial charge in [0.1, 0.15) is 0 Å². The molecule has 1 atom stereocenters. The van der Waals surface area contributed by atoms with Crippen LogP contribution in [0, 0.1) is 6.92 Å². The summed E-state index contributed by atoms with van der Waals surface area (Å²) in [5.41, 5.74) is 1.19. The molecule has 1 unspecified atom stereocenters. The Bertz CT molecular complexity index is 230. The molecule has 0 saturated carbocycles. The van der Waals surface area contributed by atoms with Crippen molar-refractivity contribution < 1.29 is 5.11 Å². The number of aliphatic hydroxyl groups is 1. The SMILES string of the molecule is Cc1cnn(CCCC(C)O)c1. The number of hydrogen-bond acceptors (Lipinski definition) is 2. The molecule has 1 N–H and O–H groups in total. The molecule has 0 aromatic carbocycles. The number of aliphatic hydroxyl groups excluding tert-OH is 1. The van der Waals surface area contributed by atoms with E-state index in [2.05, 4.69) is 5.10 Å². The number of nitrogens with zero attached hydrogens (tertiary/aromatic N) is 2. The van der Waals surface area contributed by atoms with Crippen molar-refractivity contribution in [3.05, 3.63) is 18.0 Å². The minimum atomic E-state index is -0.193. The third-order valence-electron chi connectivity index (χ3n) is 1.77. The van der Waals surface area contributed by atoms with E-state index in [1.165, 1.54) is 5.56 Å². The van der Waals surface area contributed by atoms with Crippen molar-refractivity contribution in [1.82, 2.24) is 9.78 Å². The maximum absolute atomic E-state index is 9.01. The fraction of sp³-hybridized carbons (Fsp3) is 0.667. The summed E-state index contributed by atoms with van der Waals surface area (Å²) in [6, 6.07) is 0. The second-order valence-electron chi connectivity index (χ2n) is 3.27. The molecule has 12 heavy (non-hydrogen) atoms. The van der Waals surface area contributed by atoms with Crippen LogP contribution in [0.15, 0.2) is 12.4 Å². The Hall–Kier alpha value is -0.830. The standard InChI is InChI=1S/C9H16N2O/c1-8-6-10-11(7-8)5-3-4-9(2)12/h6-7,9,12H,3-5H2,1-2H3. The zero-order chi connectivity index (χ0) is 8.97. The first-order chi connectivity index (χ1) is 5.68. The van der Waals surface area contributed by atoms with E-state index in [1.54, 1.807) is 0 Å². The van der Waals surface area contributed by atoms with Gasteiger partial charge in [-0.1, -0.05) is 0 Å². The highest BCUT2D eigenvalue weighted by Gasteiger charge is 1.97. The third kappa shape index (κ3) is 3.05. The van der Waals surface area contributed by atoms with Crippen molar-refractivity contribution in [2.45, 2.75) is 39.3 Å². The second-order valence-corrected chi connectivity index (χ2v) is 3.27. The van der Waals surface area contributed by atoms with Gasteiger partial charge in [-0.3, -0.25) is 4.68 Å². The van der Waals surface area contributed by atoms with Crippen LogP contribution >= 0.6 is 0 Å². The van der Waals surface area contributed by atoms with Crippen LogP contribution in [0.1, 0.15) is 25.3 Å². The normalized spacial score (nSPS) is 13.2. The Labute approximate surface area is 73.0 Å². The molecule has 3 nitrogen and oxygen atoms in total. The van der Waals surface area contributed by atoms with Gasteiger partial charge in [-0.25, -0.2) is 0 Å². The lowest BCUT2D eigenvalue weighted by Crippen LogP contribution is -2.04. The van der Waals surface area contributed by atoms with Gasteiger partial charge in [-0.2, -0.15) is 5.10 Å². The molecule has 3 heteroatoms. The van der Waals surface area contributed by atoms with Crippen LogP contribution < -0.4 is 0 Å². The van der Waals surface area contributed by atoms with E-state index in [-0.39, 0.29) is 6.10 Å². The molecular weight excluding hydrogens is 152 g/mol. The Morgan fingerprint density at radius 2 is 2.42 bits per heavy atom. The van der Waals surface area contributed by atoms with Crippen LogP contribution in [0.2, 0.25) is 0 Å². The molecule has 1 heterocycles. The molecule has 1 aromatic rings. The Kier molecular flexibility index (Phi) is 3.29. The summed E-state index contributed by atoms with van der Waals surface area (Å²) in [6.45, 7) is 4.74. The van der Waals surface area contributed by atoms with Crippen LogP contribution in [0.3, 0.4) is 0 Å². The van der Waals surface area contributed by atoms with Crippen LogP contribution in [-0.4, -0.2) is 21.0 Å². The van der Waals surface area contributed by atoms with Gasteiger partial charge in [-0.15, -0.1) is 0 Å². The average Bonchev–Trinajstić information content (AvgIpc) is 2.35. The van der Waals surface area contributed by atoms with Crippen LogP contribution in [0.5, 0.6) is 0 Å². The Morgan fingerprint density at radius 1 is 1.67 bits per heavy atom. The summed E-state index contributed by atoms with van der Waals surface area (Å²) in [5.74, 6) is 0. The molecule has 0 saturated heterocycles. The highest BCUT2D eigenvalue weighted by molar-refractivity contribution is 4.99. The van der Waals surface area contributed by atoms with Crippen LogP contribution in [0.25, 0.3) is 0 Å². The molecule has 0 amide bonds. The van der Waals surface area contributed by atoms with E-state index >= 15 is 0 Å². The number of rotatable bonds is 4. The fourth-order valence-electron chi connectivity index (χ4n) is 1.14. The van der Waals surface area contributed by atoms with Gasteiger partial charge in [-0.05, 0) is 32.3 Å². The highest BCUT2D eigenvalue weighted by Crippen LogP contribution is 2.00. The van der Waals surface area contributed by atoms with Crippen LogP contribution in [-0.2, 0) is 6.54 Å².